The van der Waals surface area contributed by atoms with Gasteiger partial charge in [-0.1, -0.05) is 26.0 Å². The maximum atomic E-state index is 13.3. The van der Waals surface area contributed by atoms with E-state index in [9.17, 15) is 4.79 Å². The van der Waals surface area contributed by atoms with E-state index >= 15 is 0 Å². The number of carbonyl (C=O) groups is 1. The van der Waals surface area contributed by atoms with Crippen LogP contribution in [-0.2, 0) is 4.79 Å². The number of hydrogen-bond acceptors (Lipinski definition) is 5. The van der Waals surface area contributed by atoms with Gasteiger partial charge < -0.3 is 9.80 Å². The van der Waals surface area contributed by atoms with E-state index in [4.69, 9.17) is 0 Å². The van der Waals surface area contributed by atoms with Gasteiger partial charge in [0, 0.05) is 19.3 Å². The number of thiophene rings is 1. The van der Waals surface area contributed by atoms with E-state index in [0.29, 0.717) is 5.92 Å². The molecule has 3 heterocycles. The highest BCUT2D eigenvalue weighted by Gasteiger charge is 2.35. The van der Waals surface area contributed by atoms with E-state index in [-0.39, 0.29) is 11.9 Å². The van der Waals surface area contributed by atoms with Crippen LogP contribution in [0.2, 0.25) is 0 Å². The first-order valence-corrected chi connectivity index (χ1v) is 10.3. The second kappa shape index (κ2) is 7.27. The Hall–Kier alpha value is -2.47. The van der Waals surface area contributed by atoms with Gasteiger partial charge in [-0.15, -0.1) is 11.3 Å². The predicted octanol–water partition coefficient (Wildman–Crippen LogP) is 4.45. The minimum absolute atomic E-state index is 0.121. The summed E-state index contributed by atoms with van der Waals surface area (Å²) in [5.74, 6) is 1.43. The lowest BCUT2D eigenvalue weighted by atomic mass is 10.0. The molecule has 0 aliphatic carbocycles. The number of benzene rings is 1. The first kappa shape index (κ1) is 17.9. The zero-order chi connectivity index (χ0) is 19.0. The van der Waals surface area contributed by atoms with Gasteiger partial charge in [-0.2, -0.15) is 0 Å². The van der Waals surface area contributed by atoms with Crippen LogP contribution >= 0.6 is 11.3 Å². The van der Waals surface area contributed by atoms with Crippen LogP contribution in [0.15, 0.2) is 42.0 Å². The fourth-order valence-corrected chi connectivity index (χ4v) is 4.45. The standard InChI is InChI=1S/C21H24N4OS/c1-14(2)15-6-4-7-16(12-15)24(3)21(26)18-8-5-10-25(18)19-17-9-11-27-20(17)23-13-22-19/h4,6-7,9,11-14,18H,5,8,10H2,1-3H3/t18-/m0/s1. The molecule has 6 heteroatoms. The third-order valence-electron chi connectivity index (χ3n) is 5.31. The van der Waals surface area contributed by atoms with Crippen molar-refractivity contribution in [2.45, 2.75) is 38.6 Å². The summed E-state index contributed by atoms with van der Waals surface area (Å²) < 4.78 is 0. The number of amides is 1. The SMILES string of the molecule is CC(C)c1cccc(N(C)C(=O)[C@@H]2CCCN2c2ncnc3sccc23)c1. The molecular formula is C21H24N4OS. The Morgan fingerprint density at radius 3 is 2.96 bits per heavy atom. The largest absolute Gasteiger partial charge is 0.344 e. The number of likely N-dealkylation sites (N-methyl/N-ethyl adjacent to an activating group) is 1. The fraction of sp³-hybridized carbons (Fsp3) is 0.381. The lowest BCUT2D eigenvalue weighted by Crippen LogP contribution is -2.44. The van der Waals surface area contributed by atoms with Gasteiger partial charge in [-0.25, -0.2) is 9.97 Å². The molecule has 1 fully saturated rings. The summed E-state index contributed by atoms with van der Waals surface area (Å²) in [6, 6.07) is 10.1. The Morgan fingerprint density at radius 1 is 1.30 bits per heavy atom. The highest BCUT2D eigenvalue weighted by Crippen LogP contribution is 2.33. The molecule has 1 atom stereocenters. The van der Waals surface area contributed by atoms with Crippen LogP contribution < -0.4 is 9.80 Å². The van der Waals surface area contributed by atoms with Gasteiger partial charge in [0.2, 0.25) is 5.91 Å². The minimum Gasteiger partial charge on any atom is -0.344 e. The van der Waals surface area contributed by atoms with Crippen molar-refractivity contribution in [3.05, 3.63) is 47.6 Å². The molecule has 0 N–H and O–H groups in total. The molecule has 0 unspecified atom stereocenters. The Morgan fingerprint density at radius 2 is 2.15 bits per heavy atom. The summed E-state index contributed by atoms with van der Waals surface area (Å²) in [5.41, 5.74) is 2.19. The van der Waals surface area contributed by atoms with E-state index in [1.54, 1.807) is 22.6 Å². The molecule has 0 saturated carbocycles. The van der Waals surface area contributed by atoms with Crippen LogP contribution in [0.5, 0.6) is 0 Å². The monoisotopic (exact) mass is 380 g/mol. The van der Waals surface area contributed by atoms with Crippen LogP contribution in [0.3, 0.4) is 0 Å². The molecule has 140 valence electrons. The van der Waals surface area contributed by atoms with E-state index in [2.05, 4.69) is 40.8 Å². The van der Waals surface area contributed by atoms with Crippen molar-refractivity contribution in [3.8, 4) is 0 Å². The van der Waals surface area contributed by atoms with Crippen LogP contribution in [0.1, 0.15) is 38.2 Å². The van der Waals surface area contributed by atoms with E-state index < -0.39 is 0 Å². The molecule has 1 aliphatic heterocycles. The summed E-state index contributed by atoms with van der Waals surface area (Å²) >= 11 is 1.60. The van der Waals surface area contributed by atoms with Gasteiger partial charge in [-0.3, -0.25) is 4.79 Å². The maximum absolute atomic E-state index is 13.3. The average molecular weight is 381 g/mol. The highest BCUT2D eigenvalue weighted by molar-refractivity contribution is 7.16. The molecule has 2 aromatic heterocycles. The summed E-state index contributed by atoms with van der Waals surface area (Å²) in [7, 11) is 1.87. The van der Waals surface area contributed by atoms with Gasteiger partial charge in [0.1, 0.15) is 23.0 Å². The van der Waals surface area contributed by atoms with Crippen LogP contribution in [0, 0.1) is 0 Å². The Bertz CT molecular complexity index is 967. The van der Waals surface area contributed by atoms with Gasteiger partial charge in [0.05, 0.1) is 5.39 Å². The normalized spacial score (nSPS) is 17.0. The van der Waals surface area contributed by atoms with Gasteiger partial charge in [0.15, 0.2) is 0 Å². The number of anilines is 2. The molecule has 0 bridgehead atoms. The number of rotatable bonds is 4. The molecule has 1 amide bonds. The molecule has 1 saturated heterocycles. The minimum atomic E-state index is -0.185. The maximum Gasteiger partial charge on any atom is 0.249 e. The van der Waals surface area contributed by atoms with Crippen molar-refractivity contribution >= 4 is 39.0 Å². The van der Waals surface area contributed by atoms with Crippen molar-refractivity contribution in [2.75, 3.05) is 23.4 Å². The lowest BCUT2D eigenvalue weighted by molar-refractivity contribution is -0.119. The number of carbonyl (C=O) groups excluding carboxylic acids is 1. The quantitative estimate of drug-likeness (QED) is 0.671. The first-order chi connectivity index (χ1) is 13.1. The highest BCUT2D eigenvalue weighted by atomic mass is 32.1. The molecular weight excluding hydrogens is 356 g/mol. The third-order valence-corrected chi connectivity index (χ3v) is 6.13. The Labute approximate surface area is 163 Å². The third kappa shape index (κ3) is 3.30. The van der Waals surface area contributed by atoms with E-state index in [1.165, 1.54) is 5.56 Å². The smallest absolute Gasteiger partial charge is 0.249 e. The molecule has 0 spiro atoms. The number of nitrogens with zero attached hydrogens (tertiary/aromatic N) is 4. The zero-order valence-electron chi connectivity index (χ0n) is 15.9. The molecule has 5 nitrogen and oxygen atoms in total. The summed E-state index contributed by atoms with van der Waals surface area (Å²) in [4.78, 5) is 27.1. The van der Waals surface area contributed by atoms with Crippen molar-refractivity contribution in [3.63, 3.8) is 0 Å². The number of aromatic nitrogens is 2. The second-order valence-electron chi connectivity index (χ2n) is 7.34. The summed E-state index contributed by atoms with van der Waals surface area (Å²) in [6.45, 7) is 5.18. The van der Waals surface area contributed by atoms with Gasteiger partial charge in [-0.05, 0) is 47.9 Å². The molecule has 0 radical (unpaired) electrons. The van der Waals surface area contributed by atoms with Crippen molar-refractivity contribution in [1.29, 1.82) is 0 Å². The zero-order valence-corrected chi connectivity index (χ0v) is 16.7. The number of fused-ring (bicyclic) bond motifs is 1. The second-order valence-corrected chi connectivity index (χ2v) is 8.23. The molecule has 1 aliphatic rings. The van der Waals surface area contributed by atoms with Gasteiger partial charge in [0.25, 0.3) is 0 Å². The first-order valence-electron chi connectivity index (χ1n) is 9.38. The lowest BCUT2D eigenvalue weighted by Gasteiger charge is -2.29. The van der Waals surface area contributed by atoms with Crippen molar-refractivity contribution in [2.24, 2.45) is 0 Å². The van der Waals surface area contributed by atoms with Crippen molar-refractivity contribution in [1.82, 2.24) is 9.97 Å². The number of hydrogen-bond donors (Lipinski definition) is 0. The molecule has 3 aromatic rings. The molecule has 1 aromatic carbocycles. The van der Waals surface area contributed by atoms with Crippen molar-refractivity contribution < 1.29 is 4.79 Å². The molecule has 4 rings (SSSR count). The summed E-state index contributed by atoms with van der Waals surface area (Å²) in [5, 5.41) is 3.06. The molecule has 27 heavy (non-hydrogen) atoms. The van der Waals surface area contributed by atoms with E-state index in [0.717, 1.165) is 41.1 Å². The Balaban J connectivity index is 1.63. The van der Waals surface area contributed by atoms with Crippen LogP contribution in [0.4, 0.5) is 11.5 Å². The van der Waals surface area contributed by atoms with E-state index in [1.807, 2.05) is 30.6 Å². The van der Waals surface area contributed by atoms with Gasteiger partial charge >= 0.3 is 0 Å². The van der Waals surface area contributed by atoms with Crippen LogP contribution in [0.25, 0.3) is 10.2 Å². The topological polar surface area (TPSA) is 49.3 Å². The fourth-order valence-electron chi connectivity index (χ4n) is 3.73. The van der Waals surface area contributed by atoms with Crippen LogP contribution in [-0.4, -0.2) is 35.5 Å². The summed E-state index contributed by atoms with van der Waals surface area (Å²) in [6.07, 6.45) is 3.44. The average Bonchev–Trinajstić information content (AvgIpc) is 3.35. The predicted molar refractivity (Wildman–Crippen MR) is 112 cm³/mol. The Kier molecular flexibility index (Phi) is 4.83.